The third kappa shape index (κ3) is 3.11. The van der Waals surface area contributed by atoms with Crippen molar-refractivity contribution >= 4 is 39.1 Å². The summed E-state index contributed by atoms with van der Waals surface area (Å²) in [5, 5.41) is 12.2. The molecule has 8 heteroatoms. The number of nitrogens with zero attached hydrogens (tertiary/aromatic N) is 2. The van der Waals surface area contributed by atoms with Crippen molar-refractivity contribution in [2.45, 2.75) is 27.3 Å². The number of rotatable bonds is 4. The van der Waals surface area contributed by atoms with Gasteiger partial charge in [-0.25, -0.2) is 9.78 Å². The van der Waals surface area contributed by atoms with Crippen LogP contribution in [-0.4, -0.2) is 26.5 Å². The fourth-order valence-corrected chi connectivity index (χ4v) is 3.68. The number of benzene rings is 1. The molecular formula is C18H17N3O4S. The van der Waals surface area contributed by atoms with Crippen molar-refractivity contribution in [1.29, 1.82) is 0 Å². The summed E-state index contributed by atoms with van der Waals surface area (Å²) in [5.41, 5.74) is 2.66. The fourth-order valence-electron chi connectivity index (χ4n) is 2.71. The van der Waals surface area contributed by atoms with Gasteiger partial charge in [0.1, 0.15) is 16.3 Å². The first-order valence-corrected chi connectivity index (χ1v) is 8.69. The molecule has 0 saturated heterocycles. The van der Waals surface area contributed by atoms with Gasteiger partial charge < -0.3 is 10.4 Å². The van der Waals surface area contributed by atoms with Crippen LogP contribution in [0.3, 0.4) is 0 Å². The van der Waals surface area contributed by atoms with Crippen molar-refractivity contribution in [2.75, 3.05) is 5.32 Å². The molecule has 3 aromatic rings. The SMILES string of the molecule is Cc1cccc(NC(=O)Cn2cnc3sc(C(=O)O)c(C)c3c2=O)c1C. The Balaban J connectivity index is 1.91. The molecule has 0 radical (unpaired) electrons. The molecule has 1 amide bonds. The maximum atomic E-state index is 12.7. The molecule has 1 aromatic carbocycles. The Morgan fingerprint density at radius 1 is 1.23 bits per heavy atom. The molecule has 7 nitrogen and oxygen atoms in total. The van der Waals surface area contributed by atoms with E-state index in [9.17, 15) is 19.5 Å². The zero-order chi connectivity index (χ0) is 19.0. The van der Waals surface area contributed by atoms with Gasteiger partial charge in [-0.2, -0.15) is 0 Å². The van der Waals surface area contributed by atoms with Crippen molar-refractivity contribution in [2.24, 2.45) is 0 Å². The normalized spacial score (nSPS) is 10.9. The van der Waals surface area contributed by atoms with Crippen molar-refractivity contribution < 1.29 is 14.7 Å². The Kier molecular flexibility index (Phi) is 4.60. The predicted molar refractivity (Wildman–Crippen MR) is 100 cm³/mol. The van der Waals surface area contributed by atoms with Crippen LogP contribution in [-0.2, 0) is 11.3 Å². The van der Waals surface area contributed by atoms with E-state index < -0.39 is 11.5 Å². The number of nitrogens with one attached hydrogen (secondary N) is 1. The number of amides is 1. The minimum absolute atomic E-state index is 0.0854. The summed E-state index contributed by atoms with van der Waals surface area (Å²) in [5.74, 6) is -1.45. The van der Waals surface area contributed by atoms with E-state index in [0.717, 1.165) is 22.5 Å². The van der Waals surface area contributed by atoms with E-state index in [1.165, 1.54) is 10.9 Å². The van der Waals surface area contributed by atoms with Crippen molar-refractivity contribution in [1.82, 2.24) is 9.55 Å². The van der Waals surface area contributed by atoms with Crippen LogP contribution < -0.4 is 10.9 Å². The first-order valence-electron chi connectivity index (χ1n) is 7.87. The van der Waals surface area contributed by atoms with E-state index in [0.29, 0.717) is 16.1 Å². The minimum atomic E-state index is -1.09. The lowest BCUT2D eigenvalue weighted by Crippen LogP contribution is -2.28. The number of fused-ring (bicyclic) bond motifs is 1. The van der Waals surface area contributed by atoms with Gasteiger partial charge in [-0.05, 0) is 43.5 Å². The molecule has 0 aliphatic heterocycles. The van der Waals surface area contributed by atoms with E-state index in [1.807, 2.05) is 26.0 Å². The topological polar surface area (TPSA) is 101 Å². The van der Waals surface area contributed by atoms with Crippen LogP contribution in [0.25, 0.3) is 10.2 Å². The highest BCUT2D eigenvalue weighted by Crippen LogP contribution is 2.26. The van der Waals surface area contributed by atoms with Gasteiger partial charge in [0.05, 0.1) is 11.7 Å². The number of aryl methyl sites for hydroxylation is 2. The molecule has 3 rings (SSSR count). The van der Waals surface area contributed by atoms with Crippen LogP contribution in [0.4, 0.5) is 5.69 Å². The highest BCUT2D eigenvalue weighted by Gasteiger charge is 2.19. The lowest BCUT2D eigenvalue weighted by atomic mass is 10.1. The van der Waals surface area contributed by atoms with E-state index in [2.05, 4.69) is 10.3 Å². The summed E-state index contributed by atoms with van der Waals surface area (Å²) in [6, 6.07) is 5.60. The van der Waals surface area contributed by atoms with Crippen LogP contribution in [0.15, 0.2) is 29.3 Å². The molecule has 0 atom stereocenters. The highest BCUT2D eigenvalue weighted by molar-refractivity contribution is 7.20. The Morgan fingerprint density at radius 3 is 2.65 bits per heavy atom. The molecule has 0 aliphatic carbocycles. The van der Waals surface area contributed by atoms with Crippen molar-refractivity contribution in [3.05, 3.63) is 56.4 Å². The average molecular weight is 371 g/mol. The minimum Gasteiger partial charge on any atom is -0.477 e. The van der Waals surface area contributed by atoms with Gasteiger partial charge in [0.2, 0.25) is 5.91 Å². The Hall–Kier alpha value is -3.00. The molecule has 2 aromatic heterocycles. The summed E-state index contributed by atoms with van der Waals surface area (Å²) < 4.78 is 1.19. The van der Waals surface area contributed by atoms with Crippen LogP contribution in [0.5, 0.6) is 0 Å². The van der Waals surface area contributed by atoms with Crippen LogP contribution >= 0.6 is 11.3 Å². The van der Waals surface area contributed by atoms with Gasteiger partial charge in [-0.1, -0.05) is 12.1 Å². The molecule has 0 unspecified atom stereocenters. The fraction of sp³-hybridized carbons (Fsp3) is 0.222. The summed E-state index contributed by atoms with van der Waals surface area (Å²) in [6.45, 7) is 5.23. The van der Waals surface area contributed by atoms with Gasteiger partial charge >= 0.3 is 5.97 Å². The summed E-state index contributed by atoms with van der Waals surface area (Å²) >= 11 is 0.955. The monoisotopic (exact) mass is 371 g/mol. The van der Waals surface area contributed by atoms with Gasteiger partial charge in [-0.3, -0.25) is 14.2 Å². The zero-order valence-electron chi connectivity index (χ0n) is 14.5. The number of aromatic nitrogens is 2. The second-order valence-electron chi connectivity index (χ2n) is 6.01. The third-order valence-corrected chi connectivity index (χ3v) is 5.49. The van der Waals surface area contributed by atoms with E-state index >= 15 is 0 Å². The third-order valence-electron chi connectivity index (χ3n) is 4.30. The number of carbonyl (C=O) groups excluding carboxylic acids is 1. The first-order chi connectivity index (χ1) is 12.3. The van der Waals surface area contributed by atoms with Crippen molar-refractivity contribution in [3.8, 4) is 0 Å². The van der Waals surface area contributed by atoms with E-state index in [-0.39, 0.29) is 22.7 Å². The highest BCUT2D eigenvalue weighted by atomic mass is 32.1. The lowest BCUT2D eigenvalue weighted by Gasteiger charge is -2.11. The number of anilines is 1. The average Bonchev–Trinajstić information content (AvgIpc) is 2.92. The second-order valence-corrected chi connectivity index (χ2v) is 7.01. The summed E-state index contributed by atoms with van der Waals surface area (Å²) in [7, 11) is 0. The molecule has 0 bridgehead atoms. The number of aromatic carboxylic acids is 1. The first kappa shape index (κ1) is 17.8. The Bertz CT molecular complexity index is 1100. The second kappa shape index (κ2) is 6.72. The number of carboxylic acids is 1. The van der Waals surface area contributed by atoms with Crippen molar-refractivity contribution in [3.63, 3.8) is 0 Å². The maximum Gasteiger partial charge on any atom is 0.346 e. The zero-order valence-corrected chi connectivity index (χ0v) is 15.3. The van der Waals surface area contributed by atoms with Crippen LogP contribution in [0.1, 0.15) is 26.4 Å². The summed E-state index contributed by atoms with van der Waals surface area (Å²) in [6.07, 6.45) is 1.27. The number of carbonyl (C=O) groups is 2. The Morgan fingerprint density at radius 2 is 1.96 bits per heavy atom. The smallest absolute Gasteiger partial charge is 0.346 e. The maximum absolute atomic E-state index is 12.7. The molecule has 0 aliphatic rings. The molecule has 134 valence electrons. The molecule has 2 heterocycles. The molecule has 0 spiro atoms. The lowest BCUT2D eigenvalue weighted by molar-refractivity contribution is -0.116. The molecule has 2 N–H and O–H groups in total. The molecule has 0 fully saturated rings. The van der Waals surface area contributed by atoms with E-state index in [4.69, 9.17) is 0 Å². The molecule has 26 heavy (non-hydrogen) atoms. The largest absolute Gasteiger partial charge is 0.477 e. The predicted octanol–water partition coefficient (Wildman–Crippen LogP) is 2.72. The van der Waals surface area contributed by atoms with Crippen LogP contribution in [0.2, 0.25) is 0 Å². The number of carboxylic acid groups (broad SMARTS) is 1. The van der Waals surface area contributed by atoms with Gasteiger partial charge in [-0.15, -0.1) is 11.3 Å². The molecule has 0 saturated carbocycles. The van der Waals surface area contributed by atoms with Gasteiger partial charge in [0.25, 0.3) is 5.56 Å². The quantitative estimate of drug-likeness (QED) is 0.734. The summed E-state index contributed by atoms with van der Waals surface area (Å²) in [4.78, 5) is 40.8. The molecular weight excluding hydrogens is 354 g/mol. The van der Waals surface area contributed by atoms with Gasteiger partial charge in [0, 0.05) is 5.69 Å². The number of thiophene rings is 1. The van der Waals surface area contributed by atoms with Crippen LogP contribution in [0, 0.1) is 20.8 Å². The van der Waals surface area contributed by atoms with E-state index in [1.54, 1.807) is 13.0 Å². The Labute approximate surface area is 152 Å². The van der Waals surface area contributed by atoms with Gasteiger partial charge in [0.15, 0.2) is 0 Å². The standard InChI is InChI=1S/C18H17N3O4S/c1-9-5-4-6-12(10(9)2)20-13(22)7-21-8-19-16-14(17(21)23)11(3)15(26-16)18(24)25/h4-6,8H,7H2,1-3H3,(H,20,22)(H,24,25). The number of hydrogen-bond donors (Lipinski definition) is 2. The number of hydrogen-bond acceptors (Lipinski definition) is 5.